The Bertz CT molecular complexity index is 1520. The molecule has 1 aromatic carbocycles. The number of alkyl halides is 4. The van der Waals surface area contributed by atoms with Gasteiger partial charge in [0, 0.05) is 71.1 Å². The molecule has 0 unspecified atom stereocenters. The van der Waals surface area contributed by atoms with Gasteiger partial charge < -0.3 is 15.0 Å². The number of rotatable bonds is 6. The highest BCUT2D eigenvalue weighted by Crippen LogP contribution is 2.39. The molecule has 38 heavy (non-hydrogen) atoms. The van der Waals surface area contributed by atoms with Crippen LogP contribution < -0.4 is 15.0 Å². The molecule has 1 atom stereocenters. The van der Waals surface area contributed by atoms with E-state index in [0.717, 1.165) is 28.1 Å². The Morgan fingerprint density at radius 3 is 2.71 bits per heavy atom. The molecule has 1 fully saturated rings. The van der Waals surface area contributed by atoms with E-state index in [1.54, 1.807) is 12.3 Å². The molecule has 2 aliphatic rings. The van der Waals surface area contributed by atoms with Crippen molar-refractivity contribution in [3.8, 4) is 28.1 Å². The zero-order chi connectivity index (χ0) is 26.4. The molecule has 2 N–H and O–H groups in total. The second-order valence-electron chi connectivity index (χ2n) is 9.11. The molecule has 3 aromatic heterocycles. The SMILES string of the molecule is O=C(Nc1ccc(OC(F)(F)Cl)cc1)c1cnc(N2CC[C@H](F)C2)c(-c2cnc3c(c2)-c2n[nH]cc2C3)c1. The van der Waals surface area contributed by atoms with E-state index >= 15 is 0 Å². The van der Waals surface area contributed by atoms with Gasteiger partial charge >= 0.3 is 5.57 Å². The quantitative estimate of drug-likeness (QED) is 0.280. The predicted molar refractivity (Wildman–Crippen MR) is 135 cm³/mol. The number of aromatic amines is 1. The molecular weight excluding hydrogens is 521 g/mol. The molecule has 1 aliphatic carbocycles. The van der Waals surface area contributed by atoms with Gasteiger partial charge in [-0.15, -0.1) is 8.78 Å². The summed E-state index contributed by atoms with van der Waals surface area (Å²) in [5, 5.41) is 9.93. The molecule has 0 radical (unpaired) electrons. The number of benzene rings is 1. The first kappa shape index (κ1) is 24.2. The van der Waals surface area contributed by atoms with Crippen molar-refractivity contribution in [2.24, 2.45) is 0 Å². The molecule has 6 rings (SSSR count). The van der Waals surface area contributed by atoms with E-state index < -0.39 is 17.6 Å². The third-order valence-electron chi connectivity index (χ3n) is 6.52. The van der Waals surface area contributed by atoms with Crippen molar-refractivity contribution in [2.75, 3.05) is 23.3 Å². The minimum absolute atomic E-state index is 0.155. The van der Waals surface area contributed by atoms with Gasteiger partial charge in [-0.05, 0) is 42.8 Å². The lowest BCUT2D eigenvalue weighted by atomic mass is 10.0. The predicted octanol–water partition coefficient (Wildman–Crippen LogP) is 5.41. The van der Waals surface area contributed by atoms with Crippen LogP contribution >= 0.6 is 11.6 Å². The first-order valence-corrected chi connectivity index (χ1v) is 12.2. The number of aromatic nitrogens is 4. The molecule has 8 nitrogen and oxygen atoms in total. The number of hydrogen-bond donors (Lipinski definition) is 2. The van der Waals surface area contributed by atoms with Crippen LogP contribution in [0.2, 0.25) is 0 Å². The number of fused-ring (bicyclic) bond motifs is 3. The van der Waals surface area contributed by atoms with Crippen LogP contribution in [-0.4, -0.2) is 50.9 Å². The van der Waals surface area contributed by atoms with Crippen molar-refractivity contribution in [1.29, 1.82) is 0 Å². The van der Waals surface area contributed by atoms with Gasteiger partial charge in [0.1, 0.15) is 17.7 Å². The largest absolute Gasteiger partial charge is 0.487 e. The van der Waals surface area contributed by atoms with Crippen LogP contribution in [0, 0.1) is 0 Å². The van der Waals surface area contributed by atoms with Crippen molar-refractivity contribution >= 4 is 29.0 Å². The lowest BCUT2D eigenvalue weighted by Crippen LogP contribution is -2.22. The van der Waals surface area contributed by atoms with E-state index in [2.05, 4.69) is 30.2 Å². The van der Waals surface area contributed by atoms with Gasteiger partial charge in [0.15, 0.2) is 0 Å². The fourth-order valence-electron chi connectivity index (χ4n) is 4.75. The lowest BCUT2D eigenvalue weighted by Gasteiger charge is -2.21. The topological polar surface area (TPSA) is 96.0 Å². The Morgan fingerprint density at radius 2 is 1.97 bits per heavy atom. The average molecular weight is 541 g/mol. The minimum Gasteiger partial charge on any atom is -0.420 e. The number of nitrogens with zero attached hydrogens (tertiary/aromatic N) is 4. The number of amides is 1. The second kappa shape index (κ2) is 9.32. The Hall–Kier alpha value is -4.12. The van der Waals surface area contributed by atoms with E-state index in [0.29, 0.717) is 36.5 Å². The number of halogens is 4. The van der Waals surface area contributed by atoms with Crippen molar-refractivity contribution in [2.45, 2.75) is 24.6 Å². The number of pyridine rings is 2. The smallest absolute Gasteiger partial charge is 0.420 e. The monoisotopic (exact) mass is 540 g/mol. The summed E-state index contributed by atoms with van der Waals surface area (Å²) >= 11 is 4.79. The molecule has 1 aliphatic heterocycles. The maximum Gasteiger partial charge on any atom is 0.487 e. The molecule has 0 spiro atoms. The van der Waals surface area contributed by atoms with Crippen LogP contribution in [0.1, 0.15) is 28.0 Å². The molecule has 1 amide bonds. The van der Waals surface area contributed by atoms with Gasteiger partial charge in [0.05, 0.1) is 23.5 Å². The first-order valence-electron chi connectivity index (χ1n) is 11.8. The molecule has 194 valence electrons. The average Bonchev–Trinajstić information content (AvgIpc) is 3.60. The Kier molecular flexibility index (Phi) is 5.94. The summed E-state index contributed by atoms with van der Waals surface area (Å²) in [7, 11) is 0. The molecule has 0 saturated carbocycles. The van der Waals surface area contributed by atoms with Crippen LogP contribution in [-0.2, 0) is 6.42 Å². The summed E-state index contributed by atoms with van der Waals surface area (Å²) in [6, 6.07) is 9.01. The first-order chi connectivity index (χ1) is 18.2. The van der Waals surface area contributed by atoms with Crippen LogP contribution in [0.4, 0.5) is 24.7 Å². The highest BCUT2D eigenvalue weighted by atomic mass is 35.5. The van der Waals surface area contributed by atoms with Gasteiger partial charge in [-0.3, -0.25) is 14.9 Å². The molecule has 1 saturated heterocycles. The Morgan fingerprint density at radius 1 is 1.16 bits per heavy atom. The standard InChI is InChI=1S/C26H20ClF3N6O2/c27-26(29,30)38-19-3-1-18(2-4-19)34-25(37)16-8-20(24(32-11-16)36-6-5-17(28)13-36)14-7-21-22(31-10-14)9-15-12-33-35-23(15)21/h1-4,7-8,10-12,17H,5-6,9,13H2,(H,33,35)(H,34,37)/t17-/m0/s1. The maximum absolute atomic E-state index is 14.1. The number of carbonyl (C=O) groups is 1. The minimum atomic E-state index is -3.84. The number of hydrogen-bond acceptors (Lipinski definition) is 6. The third kappa shape index (κ3) is 4.76. The van der Waals surface area contributed by atoms with Gasteiger partial charge in [-0.2, -0.15) is 5.10 Å². The third-order valence-corrected chi connectivity index (χ3v) is 6.60. The summed E-state index contributed by atoms with van der Waals surface area (Å²) < 4.78 is 44.0. The second-order valence-corrected chi connectivity index (χ2v) is 9.55. The zero-order valence-electron chi connectivity index (χ0n) is 19.7. The van der Waals surface area contributed by atoms with E-state index in [4.69, 9.17) is 11.6 Å². The summed E-state index contributed by atoms with van der Waals surface area (Å²) in [4.78, 5) is 24.1. The Labute approximate surface area is 219 Å². The molecular formula is C26H20ClF3N6O2. The van der Waals surface area contributed by atoms with Crippen molar-refractivity contribution in [3.05, 3.63) is 71.8 Å². The highest BCUT2D eigenvalue weighted by molar-refractivity contribution is 6.20. The van der Waals surface area contributed by atoms with E-state index in [-0.39, 0.29) is 17.9 Å². The van der Waals surface area contributed by atoms with Gasteiger partial charge in [0.25, 0.3) is 5.91 Å². The van der Waals surface area contributed by atoms with Gasteiger partial charge in [0.2, 0.25) is 0 Å². The van der Waals surface area contributed by atoms with Gasteiger partial charge in [-0.25, -0.2) is 9.37 Å². The fourth-order valence-corrected chi connectivity index (χ4v) is 4.84. The van der Waals surface area contributed by atoms with Crippen molar-refractivity contribution in [3.63, 3.8) is 0 Å². The van der Waals surface area contributed by atoms with E-state index in [1.807, 2.05) is 17.2 Å². The summed E-state index contributed by atoms with van der Waals surface area (Å²) in [6.45, 7) is 0.716. The van der Waals surface area contributed by atoms with Gasteiger partial charge in [-0.1, -0.05) is 0 Å². The van der Waals surface area contributed by atoms with Crippen molar-refractivity contribution in [1.82, 2.24) is 20.2 Å². The summed E-state index contributed by atoms with van der Waals surface area (Å²) in [5.41, 5.74) is 1.84. The van der Waals surface area contributed by atoms with Crippen LogP contribution in [0.3, 0.4) is 0 Å². The van der Waals surface area contributed by atoms with E-state index in [9.17, 15) is 18.0 Å². The number of carbonyl (C=O) groups excluding carboxylic acids is 1. The summed E-state index contributed by atoms with van der Waals surface area (Å²) in [5.74, 6) is -0.0559. The molecule has 12 heteroatoms. The molecule has 4 heterocycles. The van der Waals surface area contributed by atoms with Crippen LogP contribution in [0.5, 0.6) is 5.75 Å². The fraction of sp³-hybridized carbons (Fsp3) is 0.231. The van der Waals surface area contributed by atoms with Crippen molar-refractivity contribution < 1.29 is 22.7 Å². The van der Waals surface area contributed by atoms with Crippen LogP contribution in [0.25, 0.3) is 22.4 Å². The number of nitrogens with one attached hydrogen (secondary N) is 2. The number of ether oxygens (including phenoxy) is 1. The zero-order valence-corrected chi connectivity index (χ0v) is 20.5. The summed E-state index contributed by atoms with van der Waals surface area (Å²) in [6.07, 6.45) is 5.13. The Balaban J connectivity index is 1.32. The number of anilines is 2. The maximum atomic E-state index is 14.1. The number of H-pyrrole nitrogens is 1. The normalized spacial score (nSPS) is 16.3. The molecule has 4 aromatic rings. The highest BCUT2D eigenvalue weighted by Gasteiger charge is 2.29. The van der Waals surface area contributed by atoms with Crippen LogP contribution in [0.15, 0.2) is 55.0 Å². The molecule has 0 bridgehead atoms. The lowest BCUT2D eigenvalue weighted by molar-refractivity contribution is -0.0964. The van der Waals surface area contributed by atoms with E-state index in [1.165, 1.54) is 30.5 Å².